The van der Waals surface area contributed by atoms with Gasteiger partial charge in [0, 0.05) is 18.3 Å². The highest BCUT2D eigenvalue weighted by Crippen LogP contribution is 2.71. The van der Waals surface area contributed by atoms with Gasteiger partial charge in [0.05, 0.1) is 5.69 Å². The van der Waals surface area contributed by atoms with E-state index in [1.165, 1.54) is 25.7 Å². The predicted molar refractivity (Wildman–Crippen MR) is 79.4 cm³/mol. The molecule has 3 heteroatoms. The van der Waals surface area contributed by atoms with Crippen LogP contribution < -0.4 is 5.32 Å². The second-order valence-electron chi connectivity index (χ2n) is 7.58. The van der Waals surface area contributed by atoms with E-state index in [1.807, 2.05) is 0 Å². The van der Waals surface area contributed by atoms with E-state index in [0.29, 0.717) is 22.9 Å². The summed E-state index contributed by atoms with van der Waals surface area (Å²) in [7, 11) is 0. The second kappa shape index (κ2) is 4.00. The third-order valence-corrected chi connectivity index (χ3v) is 5.76. The lowest BCUT2D eigenvalue weighted by atomic mass is 10.0. The normalized spacial score (nSPS) is 25.7. The van der Waals surface area contributed by atoms with Crippen molar-refractivity contribution in [3.63, 3.8) is 0 Å². The minimum absolute atomic E-state index is 0.353. The van der Waals surface area contributed by atoms with Crippen molar-refractivity contribution in [1.82, 2.24) is 9.55 Å². The third-order valence-electron chi connectivity index (χ3n) is 5.76. The molecular formula is C16H27N3. The minimum Gasteiger partial charge on any atom is -0.353 e. The summed E-state index contributed by atoms with van der Waals surface area (Å²) in [5.41, 5.74) is 1.83. The molecule has 3 nitrogen and oxygen atoms in total. The van der Waals surface area contributed by atoms with Crippen LogP contribution in [0.3, 0.4) is 0 Å². The highest BCUT2D eigenvalue weighted by atomic mass is 15.3. The van der Waals surface area contributed by atoms with Gasteiger partial charge in [0.1, 0.15) is 0 Å². The molecule has 0 bridgehead atoms. The summed E-state index contributed by atoms with van der Waals surface area (Å²) in [6, 6.07) is 1.19. The summed E-state index contributed by atoms with van der Waals surface area (Å²) in [6.45, 7) is 11.6. The fourth-order valence-corrected chi connectivity index (χ4v) is 3.93. The van der Waals surface area contributed by atoms with E-state index in [0.717, 1.165) is 11.6 Å². The number of hydrogen-bond donors (Lipinski definition) is 1. The van der Waals surface area contributed by atoms with Crippen molar-refractivity contribution in [2.75, 3.05) is 5.32 Å². The van der Waals surface area contributed by atoms with Crippen molar-refractivity contribution < 1.29 is 0 Å². The summed E-state index contributed by atoms with van der Waals surface area (Å²) in [4.78, 5) is 4.72. The first-order valence-corrected chi connectivity index (χ1v) is 7.66. The van der Waals surface area contributed by atoms with Gasteiger partial charge >= 0.3 is 0 Å². The number of nitrogens with one attached hydrogen (secondary N) is 1. The average Bonchev–Trinajstić information content (AvgIpc) is 2.76. The van der Waals surface area contributed by atoms with Crippen molar-refractivity contribution in [1.29, 1.82) is 0 Å². The van der Waals surface area contributed by atoms with E-state index in [4.69, 9.17) is 4.98 Å². The molecule has 1 aromatic rings. The highest BCUT2D eigenvalue weighted by molar-refractivity contribution is 5.35. The number of hydrogen-bond acceptors (Lipinski definition) is 2. The molecule has 0 aliphatic heterocycles. The van der Waals surface area contributed by atoms with Gasteiger partial charge in [-0.05, 0) is 30.6 Å². The number of aryl methyl sites for hydroxylation is 1. The van der Waals surface area contributed by atoms with Gasteiger partial charge < -0.3 is 9.88 Å². The first-order valence-electron chi connectivity index (χ1n) is 7.66. The lowest BCUT2D eigenvalue weighted by Gasteiger charge is -2.16. The Bertz CT molecular complexity index is 464. The van der Waals surface area contributed by atoms with Crippen LogP contribution in [0.5, 0.6) is 0 Å². The van der Waals surface area contributed by atoms with Crippen molar-refractivity contribution >= 4 is 5.95 Å². The first kappa shape index (κ1) is 13.0. The van der Waals surface area contributed by atoms with Crippen LogP contribution in [-0.2, 0) is 0 Å². The van der Waals surface area contributed by atoms with E-state index in [-0.39, 0.29) is 0 Å². The Morgan fingerprint density at radius 3 is 2.26 bits per heavy atom. The van der Waals surface area contributed by atoms with Gasteiger partial charge in [0.2, 0.25) is 5.95 Å². The molecule has 2 fully saturated rings. The number of anilines is 1. The summed E-state index contributed by atoms with van der Waals surface area (Å²) in [6.07, 6.45) is 7.53. The third kappa shape index (κ3) is 1.89. The van der Waals surface area contributed by atoms with E-state index in [9.17, 15) is 0 Å². The van der Waals surface area contributed by atoms with Crippen molar-refractivity contribution in [2.24, 2.45) is 10.8 Å². The van der Waals surface area contributed by atoms with E-state index in [2.05, 4.69) is 50.7 Å². The molecule has 2 aliphatic carbocycles. The van der Waals surface area contributed by atoms with Crippen LogP contribution in [0.2, 0.25) is 0 Å². The molecule has 2 saturated carbocycles. The molecule has 1 N–H and O–H groups in total. The molecule has 0 spiro atoms. The molecular weight excluding hydrogens is 234 g/mol. The van der Waals surface area contributed by atoms with Crippen molar-refractivity contribution in [3.8, 4) is 0 Å². The Kier molecular flexibility index (Phi) is 2.74. The SMILES string of the molecule is Cc1cn(C2C(C)(C)C2(C)C)c(NC2CCCC2)n1. The average molecular weight is 261 g/mol. The summed E-state index contributed by atoms with van der Waals surface area (Å²) in [5.74, 6) is 1.09. The van der Waals surface area contributed by atoms with Crippen LogP contribution in [0.1, 0.15) is 65.1 Å². The van der Waals surface area contributed by atoms with E-state index in [1.54, 1.807) is 0 Å². The summed E-state index contributed by atoms with van der Waals surface area (Å²) < 4.78 is 2.40. The lowest BCUT2D eigenvalue weighted by Crippen LogP contribution is -2.18. The second-order valence-corrected chi connectivity index (χ2v) is 7.58. The monoisotopic (exact) mass is 261 g/mol. The maximum atomic E-state index is 4.72. The largest absolute Gasteiger partial charge is 0.353 e. The zero-order valence-corrected chi connectivity index (χ0v) is 13.0. The van der Waals surface area contributed by atoms with Gasteiger partial charge in [-0.2, -0.15) is 0 Å². The molecule has 0 amide bonds. The fraction of sp³-hybridized carbons (Fsp3) is 0.812. The number of imidazole rings is 1. The number of rotatable bonds is 3. The Morgan fingerprint density at radius 2 is 1.74 bits per heavy atom. The smallest absolute Gasteiger partial charge is 0.203 e. The van der Waals surface area contributed by atoms with Crippen LogP contribution >= 0.6 is 0 Å². The minimum atomic E-state index is 0.353. The van der Waals surface area contributed by atoms with Gasteiger partial charge in [-0.1, -0.05) is 40.5 Å². The topological polar surface area (TPSA) is 29.9 Å². The van der Waals surface area contributed by atoms with Gasteiger partial charge in [-0.15, -0.1) is 0 Å². The van der Waals surface area contributed by atoms with E-state index >= 15 is 0 Å². The van der Waals surface area contributed by atoms with Crippen LogP contribution in [-0.4, -0.2) is 15.6 Å². The molecule has 3 rings (SSSR count). The molecule has 1 heterocycles. The van der Waals surface area contributed by atoms with Crippen LogP contribution in [0, 0.1) is 17.8 Å². The maximum absolute atomic E-state index is 4.72. The molecule has 19 heavy (non-hydrogen) atoms. The van der Waals surface area contributed by atoms with Gasteiger partial charge in [0.25, 0.3) is 0 Å². The van der Waals surface area contributed by atoms with Crippen molar-refractivity contribution in [3.05, 3.63) is 11.9 Å². The maximum Gasteiger partial charge on any atom is 0.203 e. The number of aromatic nitrogens is 2. The van der Waals surface area contributed by atoms with Crippen LogP contribution in [0.25, 0.3) is 0 Å². The molecule has 106 valence electrons. The molecule has 0 radical (unpaired) electrons. The molecule has 0 unspecified atom stereocenters. The molecule has 0 atom stereocenters. The lowest BCUT2D eigenvalue weighted by molar-refractivity contribution is 0.457. The molecule has 2 aliphatic rings. The highest BCUT2D eigenvalue weighted by Gasteiger charge is 2.66. The summed E-state index contributed by atoms with van der Waals surface area (Å²) in [5, 5.41) is 3.68. The molecule has 1 aromatic heterocycles. The zero-order chi connectivity index (χ0) is 13.8. The predicted octanol–water partition coefficient (Wildman–Crippen LogP) is 4.15. The zero-order valence-electron chi connectivity index (χ0n) is 13.0. The van der Waals surface area contributed by atoms with E-state index < -0.39 is 0 Å². The standard InChI is InChI=1S/C16H27N3/c1-11-10-19(13-15(2,3)16(13,4)5)14(17-11)18-12-8-6-7-9-12/h10,12-13H,6-9H2,1-5H3,(H,17,18). The van der Waals surface area contributed by atoms with Crippen LogP contribution in [0.15, 0.2) is 6.20 Å². The Morgan fingerprint density at radius 1 is 1.16 bits per heavy atom. The van der Waals surface area contributed by atoms with Gasteiger partial charge in [-0.3, -0.25) is 0 Å². The quantitative estimate of drug-likeness (QED) is 0.885. The van der Waals surface area contributed by atoms with Gasteiger partial charge in [0.15, 0.2) is 0 Å². The van der Waals surface area contributed by atoms with Gasteiger partial charge in [-0.25, -0.2) is 4.98 Å². The molecule has 0 saturated heterocycles. The Labute approximate surface area is 116 Å². The fourth-order valence-electron chi connectivity index (χ4n) is 3.93. The van der Waals surface area contributed by atoms with Crippen molar-refractivity contribution in [2.45, 2.75) is 72.4 Å². The first-order chi connectivity index (χ1) is 8.84. The molecule has 0 aromatic carbocycles. The Balaban J connectivity index is 1.86. The Hall–Kier alpha value is -0.990. The van der Waals surface area contributed by atoms with Crippen LogP contribution in [0.4, 0.5) is 5.95 Å². The number of nitrogens with zero attached hydrogens (tertiary/aromatic N) is 2. The summed E-state index contributed by atoms with van der Waals surface area (Å²) >= 11 is 0.